The number of anilines is 1. The summed E-state index contributed by atoms with van der Waals surface area (Å²) in [7, 11) is 0. The Morgan fingerprint density at radius 2 is 1.80 bits per heavy atom. The first-order valence-corrected chi connectivity index (χ1v) is 8.65. The average molecular weight is 338 g/mol. The van der Waals surface area contributed by atoms with Gasteiger partial charge in [-0.3, -0.25) is 14.6 Å². The molecule has 1 amide bonds. The summed E-state index contributed by atoms with van der Waals surface area (Å²) in [5.74, 6) is -0.0768. The third-order valence-corrected chi connectivity index (χ3v) is 4.87. The van der Waals surface area contributed by atoms with E-state index < -0.39 is 5.97 Å². The van der Waals surface area contributed by atoms with Crippen molar-refractivity contribution in [2.24, 2.45) is 5.92 Å². The number of rotatable bonds is 5. The summed E-state index contributed by atoms with van der Waals surface area (Å²) in [6, 6.07) is 11.4. The number of benzene rings is 1. The molecule has 2 N–H and O–H groups in total. The fourth-order valence-corrected chi connectivity index (χ4v) is 3.49. The lowest BCUT2D eigenvalue weighted by Gasteiger charge is -2.28. The van der Waals surface area contributed by atoms with Crippen molar-refractivity contribution in [3.63, 3.8) is 0 Å². The Morgan fingerprint density at radius 3 is 2.40 bits per heavy atom. The Bertz CT molecular complexity index is 720. The van der Waals surface area contributed by atoms with Crippen molar-refractivity contribution < 1.29 is 14.7 Å². The molecular formula is C20H22N2O3. The Labute approximate surface area is 147 Å². The van der Waals surface area contributed by atoms with Gasteiger partial charge in [-0.05, 0) is 67.3 Å². The van der Waals surface area contributed by atoms with E-state index in [0.717, 1.165) is 31.4 Å². The van der Waals surface area contributed by atoms with Gasteiger partial charge in [-0.1, -0.05) is 12.1 Å². The molecule has 0 atom stereocenters. The lowest BCUT2D eigenvalue weighted by Crippen LogP contribution is -2.16. The minimum Gasteiger partial charge on any atom is -0.481 e. The van der Waals surface area contributed by atoms with Crippen molar-refractivity contribution >= 4 is 17.6 Å². The fourth-order valence-electron chi connectivity index (χ4n) is 3.49. The topological polar surface area (TPSA) is 79.3 Å². The van der Waals surface area contributed by atoms with Gasteiger partial charge in [0.2, 0.25) is 0 Å². The molecule has 0 radical (unpaired) electrons. The number of hydrogen-bond donors (Lipinski definition) is 2. The second kappa shape index (κ2) is 7.92. The highest BCUT2D eigenvalue weighted by molar-refractivity contribution is 6.03. The van der Waals surface area contributed by atoms with E-state index in [4.69, 9.17) is 5.11 Å². The monoisotopic (exact) mass is 338 g/mol. The van der Waals surface area contributed by atoms with Crippen LogP contribution in [0.15, 0.2) is 48.8 Å². The highest BCUT2D eigenvalue weighted by atomic mass is 16.4. The van der Waals surface area contributed by atoms with E-state index in [0.29, 0.717) is 17.4 Å². The summed E-state index contributed by atoms with van der Waals surface area (Å²) in [4.78, 5) is 26.9. The number of nitrogens with one attached hydrogen (secondary N) is 1. The maximum atomic E-state index is 12.1. The van der Waals surface area contributed by atoms with Gasteiger partial charge in [0, 0.05) is 24.5 Å². The highest BCUT2D eigenvalue weighted by Crippen LogP contribution is 2.37. The molecule has 1 heterocycles. The first-order chi connectivity index (χ1) is 12.1. The smallest absolute Gasteiger partial charge is 0.303 e. The maximum absolute atomic E-state index is 12.1. The molecule has 0 saturated heterocycles. The van der Waals surface area contributed by atoms with Crippen LogP contribution >= 0.6 is 0 Å². The molecule has 1 aliphatic rings. The van der Waals surface area contributed by atoms with Gasteiger partial charge in [-0.25, -0.2) is 0 Å². The summed E-state index contributed by atoms with van der Waals surface area (Å²) >= 11 is 0. The Morgan fingerprint density at radius 1 is 1.08 bits per heavy atom. The van der Waals surface area contributed by atoms with E-state index in [1.54, 1.807) is 24.5 Å². The van der Waals surface area contributed by atoms with Crippen molar-refractivity contribution in [2.45, 2.75) is 38.0 Å². The first kappa shape index (κ1) is 17.1. The Kier molecular flexibility index (Phi) is 5.43. The van der Waals surface area contributed by atoms with Crippen LogP contribution in [-0.4, -0.2) is 22.0 Å². The lowest BCUT2D eigenvalue weighted by molar-refractivity contribution is -0.138. The quantitative estimate of drug-likeness (QED) is 0.861. The van der Waals surface area contributed by atoms with Crippen LogP contribution in [0.5, 0.6) is 0 Å². The number of carbonyl (C=O) groups is 2. The fraction of sp³-hybridized carbons (Fsp3) is 0.350. The summed E-state index contributed by atoms with van der Waals surface area (Å²) in [6.45, 7) is 0. The van der Waals surface area contributed by atoms with Crippen LogP contribution in [0.4, 0.5) is 5.69 Å². The van der Waals surface area contributed by atoms with E-state index in [9.17, 15) is 9.59 Å². The van der Waals surface area contributed by atoms with E-state index in [2.05, 4.69) is 22.4 Å². The average Bonchev–Trinajstić information content (AvgIpc) is 2.63. The molecule has 1 aromatic heterocycles. The molecule has 0 aliphatic heterocycles. The molecule has 130 valence electrons. The molecule has 0 bridgehead atoms. The Balaban J connectivity index is 1.56. The zero-order valence-electron chi connectivity index (χ0n) is 14.0. The number of amides is 1. The molecule has 1 saturated carbocycles. The van der Waals surface area contributed by atoms with E-state index in [-0.39, 0.29) is 12.3 Å². The van der Waals surface area contributed by atoms with Gasteiger partial charge in [0.1, 0.15) is 0 Å². The highest BCUT2D eigenvalue weighted by Gasteiger charge is 2.23. The summed E-state index contributed by atoms with van der Waals surface area (Å²) in [6.07, 6.45) is 7.45. The van der Waals surface area contributed by atoms with E-state index >= 15 is 0 Å². The van der Waals surface area contributed by atoms with Crippen LogP contribution in [0.25, 0.3) is 0 Å². The predicted molar refractivity (Wildman–Crippen MR) is 95.6 cm³/mol. The molecule has 0 unspecified atom stereocenters. The third kappa shape index (κ3) is 4.66. The van der Waals surface area contributed by atoms with Crippen LogP contribution in [0.3, 0.4) is 0 Å². The van der Waals surface area contributed by atoms with Gasteiger partial charge >= 0.3 is 5.97 Å². The molecule has 3 rings (SSSR count). The van der Waals surface area contributed by atoms with Gasteiger partial charge in [0.05, 0.1) is 5.56 Å². The maximum Gasteiger partial charge on any atom is 0.303 e. The van der Waals surface area contributed by atoms with Crippen molar-refractivity contribution in [3.8, 4) is 0 Å². The number of hydrogen-bond acceptors (Lipinski definition) is 3. The minimum atomic E-state index is -0.697. The number of aliphatic carboxylic acids is 1. The zero-order valence-corrected chi connectivity index (χ0v) is 14.0. The molecule has 0 spiro atoms. The minimum absolute atomic E-state index is 0.171. The number of aromatic nitrogens is 1. The van der Waals surface area contributed by atoms with Gasteiger partial charge in [-0.2, -0.15) is 0 Å². The zero-order chi connectivity index (χ0) is 17.6. The van der Waals surface area contributed by atoms with Crippen molar-refractivity contribution in [2.75, 3.05) is 5.32 Å². The van der Waals surface area contributed by atoms with Crippen molar-refractivity contribution in [1.82, 2.24) is 4.98 Å². The molecule has 2 aromatic rings. The van der Waals surface area contributed by atoms with Gasteiger partial charge in [-0.15, -0.1) is 0 Å². The normalized spacial score (nSPS) is 20.0. The molecule has 1 aromatic carbocycles. The summed E-state index contributed by atoms with van der Waals surface area (Å²) in [5.41, 5.74) is 2.55. The van der Waals surface area contributed by atoms with Gasteiger partial charge < -0.3 is 10.4 Å². The van der Waals surface area contributed by atoms with Crippen LogP contribution in [0.2, 0.25) is 0 Å². The van der Waals surface area contributed by atoms with Crippen LogP contribution in [0.1, 0.15) is 53.9 Å². The Hall–Kier alpha value is -2.69. The molecule has 25 heavy (non-hydrogen) atoms. The van der Waals surface area contributed by atoms with E-state index in [1.165, 1.54) is 5.56 Å². The summed E-state index contributed by atoms with van der Waals surface area (Å²) < 4.78 is 0. The van der Waals surface area contributed by atoms with Crippen molar-refractivity contribution in [3.05, 3.63) is 59.9 Å². The molecule has 1 aliphatic carbocycles. The number of nitrogens with zero attached hydrogens (tertiary/aromatic N) is 1. The number of pyridine rings is 1. The second-order valence-electron chi connectivity index (χ2n) is 6.63. The molecule has 5 nitrogen and oxygen atoms in total. The number of carboxylic acid groups (broad SMARTS) is 1. The van der Waals surface area contributed by atoms with Gasteiger partial charge in [0.25, 0.3) is 5.91 Å². The number of carbonyl (C=O) groups excluding carboxylic acids is 1. The summed E-state index contributed by atoms with van der Waals surface area (Å²) in [5, 5.41) is 11.8. The van der Waals surface area contributed by atoms with Crippen LogP contribution < -0.4 is 5.32 Å². The second-order valence-corrected chi connectivity index (χ2v) is 6.63. The standard InChI is InChI=1S/C20H22N2O3/c23-19(24)12-14-3-5-15(6-4-14)16-7-9-18(10-8-16)22-20(25)17-2-1-11-21-13-17/h1-2,7-11,13-15H,3-6,12H2,(H,22,25)(H,23,24)/t14-,15+. The van der Waals surface area contributed by atoms with Crippen molar-refractivity contribution in [1.29, 1.82) is 0 Å². The lowest BCUT2D eigenvalue weighted by atomic mass is 9.77. The number of carboxylic acids is 1. The largest absolute Gasteiger partial charge is 0.481 e. The van der Waals surface area contributed by atoms with Crippen LogP contribution in [-0.2, 0) is 4.79 Å². The molecule has 1 fully saturated rings. The first-order valence-electron chi connectivity index (χ1n) is 8.65. The SMILES string of the molecule is O=C(O)C[C@H]1CC[C@@H](c2ccc(NC(=O)c3cccnc3)cc2)CC1. The third-order valence-electron chi connectivity index (χ3n) is 4.87. The predicted octanol–water partition coefficient (Wildman–Crippen LogP) is 4.08. The van der Waals surface area contributed by atoms with Crippen LogP contribution in [0, 0.1) is 5.92 Å². The molecular weight excluding hydrogens is 316 g/mol. The van der Waals surface area contributed by atoms with Gasteiger partial charge in [0.15, 0.2) is 0 Å². The van der Waals surface area contributed by atoms with E-state index in [1.807, 2.05) is 12.1 Å². The molecule has 5 heteroatoms.